The zero-order valence-corrected chi connectivity index (χ0v) is 17.1. The van der Waals surface area contributed by atoms with Gasteiger partial charge in [-0.05, 0) is 60.7 Å². The van der Waals surface area contributed by atoms with E-state index in [-0.39, 0.29) is 21.2 Å². The van der Waals surface area contributed by atoms with Gasteiger partial charge in [-0.15, -0.1) is 0 Å². The summed E-state index contributed by atoms with van der Waals surface area (Å²) in [7, 11) is 0. The normalized spacial score (nSPS) is 10.4. The second kappa shape index (κ2) is 8.84. The predicted molar refractivity (Wildman–Crippen MR) is 115 cm³/mol. The predicted octanol–water partition coefficient (Wildman–Crippen LogP) is 6.80. The van der Waals surface area contributed by atoms with Crippen LogP contribution in [0.4, 0.5) is 11.4 Å². The van der Waals surface area contributed by atoms with Gasteiger partial charge >= 0.3 is 0 Å². The van der Waals surface area contributed by atoms with E-state index in [9.17, 15) is 9.59 Å². The van der Waals surface area contributed by atoms with E-state index in [4.69, 9.17) is 46.4 Å². The van der Waals surface area contributed by atoms with E-state index in [2.05, 4.69) is 10.6 Å². The molecule has 0 spiro atoms. The molecule has 142 valence electrons. The molecular weight excluding hydrogens is 442 g/mol. The van der Waals surface area contributed by atoms with Crippen molar-refractivity contribution in [2.24, 2.45) is 0 Å². The van der Waals surface area contributed by atoms with Gasteiger partial charge in [0, 0.05) is 21.4 Å². The number of hydrogen-bond acceptors (Lipinski definition) is 2. The third-order valence-corrected chi connectivity index (χ3v) is 4.98. The maximum Gasteiger partial charge on any atom is 0.256 e. The summed E-state index contributed by atoms with van der Waals surface area (Å²) in [5.41, 5.74) is 1.20. The van der Waals surface area contributed by atoms with Crippen LogP contribution >= 0.6 is 46.4 Å². The van der Waals surface area contributed by atoms with Gasteiger partial charge in [0.15, 0.2) is 0 Å². The zero-order valence-electron chi connectivity index (χ0n) is 14.1. The van der Waals surface area contributed by atoms with Gasteiger partial charge in [-0.1, -0.05) is 46.4 Å². The largest absolute Gasteiger partial charge is 0.322 e. The number of amides is 2. The molecule has 0 radical (unpaired) electrons. The van der Waals surface area contributed by atoms with Crippen molar-refractivity contribution >= 4 is 69.6 Å². The van der Waals surface area contributed by atoms with E-state index in [0.29, 0.717) is 21.4 Å². The number of benzene rings is 3. The first-order valence-corrected chi connectivity index (χ1v) is 9.47. The molecule has 3 rings (SSSR count). The first kappa shape index (κ1) is 20.5. The maximum atomic E-state index is 12.7. The topological polar surface area (TPSA) is 58.2 Å². The highest BCUT2D eigenvalue weighted by atomic mass is 35.5. The van der Waals surface area contributed by atoms with Crippen molar-refractivity contribution in [2.75, 3.05) is 10.6 Å². The van der Waals surface area contributed by atoms with Crippen LogP contribution in [0.3, 0.4) is 0 Å². The Morgan fingerprint density at radius 3 is 1.21 bits per heavy atom. The van der Waals surface area contributed by atoms with Crippen LogP contribution in [0, 0.1) is 0 Å². The lowest BCUT2D eigenvalue weighted by molar-refractivity contribution is 0.0990. The molecule has 0 unspecified atom stereocenters. The average Bonchev–Trinajstić information content (AvgIpc) is 2.67. The number of anilines is 2. The molecule has 2 amide bonds. The number of carbonyl (C=O) groups is 2. The van der Waals surface area contributed by atoms with E-state index in [0.717, 1.165) is 0 Å². The average molecular weight is 454 g/mol. The molecule has 3 aromatic carbocycles. The summed E-state index contributed by atoms with van der Waals surface area (Å²) >= 11 is 23.8. The Balaban J connectivity index is 1.90. The Labute approximate surface area is 181 Å². The molecule has 0 aliphatic rings. The van der Waals surface area contributed by atoms with Crippen molar-refractivity contribution in [1.82, 2.24) is 0 Å². The van der Waals surface area contributed by atoms with E-state index < -0.39 is 11.8 Å². The van der Waals surface area contributed by atoms with E-state index in [1.807, 2.05) is 0 Å². The third-order valence-electron chi connectivity index (χ3n) is 3.75. The number of carbonyl (C=O) groups excluding carboxylic acids is 2. The van der Waals surface area contributed by atoms with Crippen molar-refractivity contribution in [3.05, 3.63) is 91.9 Å². The molecule has 2 N–H and O–H groups in total. The summed E-state index contributed by atoms with van der Waals surface area (Å²) < 4.78 is 0. The standard InChI is InChI=1S/C20H12Cl4N2O2/c21-11-1-5-13(6-2-11)25-19(27)15-9-17(23)18(24)10-16(15)20(28)26-14-7-3-12(22)4-8-14/h1-10H,(H,25,27)(H,26,28). The monoisotopic (exact) mass is 452 g/mol. The highest BCUT2D eigenvalue weighted by Gasteiger charge is 2.20. The summed E-state index contributed by atoms with van der Waals surface area (Å²) in [5.74, 6) is -1.02. The van der Waals surface area contributed by atoms with Crippen LogP contribution in [-0.2, 0) is 0 Å². The lowest BCUT2D eigenvalue weighted by Crippen LogP contribution is -2.20. The van der Waals surface area contributed by atoms with Crippen LogP contribution < -0.4 is 10.6 Å². The SMILES string of the molecule is O=C(Nc1ccc(Cl)cc1)c1cc(Cl)c(Cl)cc1C(=O)Nc1ccc(Cl)cc1. The molecule has 0 atom stereocenters. The first-order chi connectivity index (χ1) is 13.3. The second-order valence-corrected chi connectivity index (χ2v) is 7.42. The van der Waals surface area contributed by atoms with E-state index in [1.54, 1.807) is 48.5 Å². The molecule has 0 fully saturated rings. The number of rotatable bonds is 4. The summed E-state index contributed by atoms with van der Waals surface area (Å²) in [5, 5.41) is 6.80. The van der Waals surface area contributed by atoms with Gasteiger partial charge in [-0.2, -0.15) is 0 Å². The lowest BCUT2D eigenvalue weighted by atomic mass is 10.1. The fraction of sp³-hybridized carbons (Fsp3) is 0. The Bertz CT molecular complexity index is 951. The van der Waals surface area contributed by atoms with Crippen molar-refractivity contribution in [1.29, 1.82) is 0 Å². The number of halogens is 4. The smallest absolute Gasteiger partial charge is 0.256 e. The van der Waals surface area contributed by atoms with Crippen LogP contribution in [0.25, 0.3) is 0 Å². The van der Waals surface area contributed by atoms with E-state index >= 15 is 0 Å². The fourth-order valence-corrected chi connectivity index (χ4v) is 2.97. The first-order valence-electron chi connectivity index (χ1n) is 7.96. The van der Waals surface area contributed by atoms with E-state index in [1.165, 1.54) is 12.1 Å². The van der Waals surface area contributed by atoms with Gasteiger partial charge in [0.2, 0.25) is 0 Å². The van der Waals surface area contributed by atoms with Gasteiger partial charge in [-0.3, -0.25) is 9.59 Å². The minimum atomic E-state index is -0.512. The van der Waals surface area contributed by atoms with Crippen molar-refractivity contribution in [3.63, 3.8) is 0 Å². The van der Waals surface area contributed by atoms with Crippen molar-refractivity contribution in [2.45, 2.75) is 0 Å². The van der Waals surface area contributed by atoms with Gasteiger partial charge in [-0.25, -0.2) is 0 Å². The van der Waals surface area contributed by atoms with Crippen LogP contribution in [0.15, 0.2) is 60.7 Å². The van der Waals surface area contributed by atoms with Crippen LogP contribution in [0.5, 0.6) is 0 Å². The fourth-order valence-electron chi connectivity index (χ4n) is 2.39. The van der Waals surface area contributed by atoms with Gasteiger partial charge in [0.05, 0.1) is 21.2 Å². The van der Waals surface area contributed by atoms with Crippen molar-refractivity contribution in [3.8, 4) is 0 Å². The molecule has 0 saturated carbocycles. The Kier molecular flexibility index (Phi) is 6.47. The molecule has 3 aromatic rings. The Morgan fingerprint density at radius 1 is 0.571 bits per heavy atom. The number of nitrogens with one attached hydrogen (secondary N) is 2. The van der Waals surface area contributed by atoms with Crippen LogP contribution in [0.2, 0.25) is 20.1 Å². The highest BCUT2D eigenvalue weighted by Crippen LogP contribution is 2.28. The number of hydrogen-bond donors (Lipinski definition) is 2. The Morgan fingerprint density at radius 2 is 0.893 bits per heavy atom. The highest BCUT2D eigenvalue weighted by molar-refractivity contribution is 6.42. The lowest BCUT2D eigenvalue weighted by Gasteiger charge is -2.12. The molecule has 8 heteroatoms. The quantitative estimate of drug-likeness (QED) is 0.456. The Hall–Kier alpha value is -2.24. The van der Waals surface area contributed by atoms with Gasteiger partial charge in [0.1, 0.15) is 0 Å². The zero-order chi connectivity index (χ0) is 20.3. The summed E-state index contributed by atoms with van der Waals surface area (Å²) in [6.07, 6.45) is 0. The molecular formula is C20H12Cl4N2O2. The van der Waals surface area contributed by atoms with Gasteiger partial charge in [0.25, 0.3) is 11.8 Å². The molecule has 0 aromatic heterocycles. The minimum Gasteiger partial charge on any atom is -0.322 e. The molecule has 0 aliphatic carbocycles. The molecule has 0 aliphatic heterocycles. The summed E-state index contributed by atoms with van der Waals surface area (Å²) in [6, 6.07) is 15.8. The molecule has 0 bridgehead atoms. The molecule has 0 saturated heterocycles. The second-order valence-electron chi connectivity index (χ2n) is 5.73. The maximum absolute atomic E-state index is 12.7. The van der Waals surface area contributed by atoms with Crippen LogP contribution in [-0.4, -0.2) is 11.8 Å². The molecule has 0 heterocycles. The summed E-state index contributed by atoms with van der Waals surface area (Å²) in [4.78, 5) is 25.5. The minimum absolute atomic E-state index is 0.0795. The summed E-state index contributed by atoms with van der Waals surface area (Å²) in [6.45, 7) is 0. The molecule has 4 nitrogen and oxygen atoms in total. The van der Waals surface area contributed by atoms with Crippen molar-refractivity contribution < 1.29 is 9.59 Å². The molecule has 28 heavy (non-hydrogen) atoms. The third kappa shape index (κ3) is 4.97. The van der Waals surface area contributed by atoms with Crippen LogP contribution in [0.1, 0.15) is 20.7 Å². The van der Waals surface area contributed by atoms with Gasteiger partial charge < -0.3 is 10.6 Å².